The van der Waals surface area contributed by atoms with E-state index in [1.807, 2.05) is 34.6 Å². The predicted octanol–water partition coefficient (Wildman–Crippen LogP) is 5.23. The number of unbranched alkanes of at least 4 members (excludes halogenated alkanes) is 1. The number of aliphatic hydroxyl groups is 2. The van der Waals surface area contributed by atoms with Gasteiger partial charge in [0.25, 0.3) is 0 Å². The standard InChI is InChI=1S/C28H42O6S2/c1-18-8-11-23-27(2,14-12-24(30)28(23,3)17-29)21(18)10-9-20-22(16-33-26(20)32)34-25(31)7-5-4-6-19-13-15-35-36-19/h9,19,21-24,29-30H,1,4-8,10-17H2,2-3H3/t19?,21-,22-,23?,24-,27+,28+/m1/s1. The first-order chi connectivity index (χ1) is 17.2. The molecule has 8 heteroatoms. The van der Waals surface area contributed by atoms with E-state index in [2.05, 4.69) is 13.5 Å². The molecule has 2 saturated carbocycles. The van der Waals surface area contributed by atoms with Gasteiger partial charge in [-0.15, -0.1) is 0 Å². The van der Waals surface area contributed by atoms with Gasteiger partial charge in [-0.2, -0.15) is 0 Å². The number of hydrogen-bond acceptors (Lipinski definition) is 8. The zero-order chi connectivity index (χ0) is 25.9. The van der Waals surface area contributed by atoms with Crippen molar-refractivity contribution in [2.45, 2.75) is 95.5 Å². The zero-order valence-electron chi connectivity index (χ0n) is 21.7. The van der Waals surface area contributed by atoms with E-state index in [-0.39, 0.29) is 36.4 Å². The summed E-state index contributed by atoms with van der Waals surface area (Å²) in [6.07, 6.45) is 9.15. The summed E-state index contributed by atoms with van der Waals surface area (Å²) in [5.41, 5.74) is 0.912. The predicted molar refractivity (Wildman–Crippen MR) is 144 cm³/mol. The molecule has 36 heavy (non-hydrogen) atoms. The molecular formula is C28H42O6S2. The van der Waals surface area contributed by atoms with E-state index in [0.717, 1.165) is 44.1 Å². The first-order valence-corrected chi connectivity index (χ1v) is 15.9. The summed E-state index contributed by atoms with van der Waals surface area (Å²) in [5.74, 6) is 0.827. The number of ether oxygens (including phenoxy) is 2. The minimum Gasteiger partial charge on any atom is -0.458 e. The summed E-state index contributed by atoms with van der Waals surface area (Å²) in [4.78, 5) is 25.0. The lowest BCUT2D eigenvalue weighted by atomic mass is 9.46. The molecule has 0 bridgehead atoms. The molecule has 6 nitrogen and oxygen atoms in total. The van der Waals surface area contributed by atoms with Crippen LogP contribution in [0.4, 0.5) is 0 Å². The van der Waals surface area contributed by atoms with Crippen molar-refractivity contribution >= 4 is 33.5 Å². The number of fused-ring (bicyclic) bond motifs is 1. The van der Waals surface area contributed by atoms with Crippen LogP contribution in [0.3, 0.4) is 0 Å². The largest absolute Gasteiger partial charge is 0.458 e. The van der Waals surface area contributed by atoms with Crippen LogP contribution in [0.1, 0.15) is 78.1 Å². The average Bonchev–Trinajstić information content (AvgIpc) is 3.49. The molecular weight excluding hydrogens is 496 g/mol. The van der Waals surface area contributed by atoms with Crippen LogP contribution in [0.15, 0.2) is 23.8 Å². The Kier molecular flexibility index (Phi) is 9.22. The molecule has 0 aromatic rings. The number of esters is 2. The Morgan fingerprint density at radius 3 is 2.81 bits per heavy atom. The lowest BCUT2D eigenvalue weighted by Crippen LogP contribution is -2.57. The third-order valence-electron chi connectivity index (χ3n) is 9.37. The Morgan fingerprint density at radius 2 is 2.08 bits per heavy atom. The fourth-order valence-corrected chi connectivity index (χ4v) is 10.1. The molecule has 4 aliphatic rings. The van der Waals surface area contributed by atoms with Crippen molar-refractivity contribution < 1.29 is 29.3 Å². The molecule has 2 aliphatic heterocycles. The highest BCUT2D eigenvalue weighted by atomic mass is 33.1. The molecule has 4 fully saturated rings. The van der Waals surface area contributed by atoms with Gasteiger partial charge >= 0.3 is 11.9 Å². The number of allylic oxidation sites excluding steroid dienone is 2. The van der Waals surface area contributed by atoms with Gasteiger partial charge in [-0.3, -0.25) is 4.79 Å². The third-order valence-corrected chi connectivity index (χ3v) is 12.4. The molecule has 0 aromatic heterocycles. The Hall–Kier alpha value is -0.960. The maximum atomic E-state index is 12.5. The number of aliphatic hydroxyl groups excluding tert-OH is 2. The summed E-state index contributed by atoms with van der Waals surface area (Å²) in [6.45, 7) is 8.65. The minimum atomic E-state index is -0.650. The maximum absolute atomic E-state index is 12.5. The Balaban J connectivity index is 1.37. The second-order valence-electron chi connectivity index (χ2n) is 11.6. The van der Waals surface area contributed by atoms with E-state index >= 15 is 0 Å². The molecule has 2 N–H and O–H groups in total. The zero-order valence-corrected chi connectivity index (χ0v) is 23.3. The number of rotatable bonds is 9. The van der Waals surface area contributed by atoms with Gasteiger partial charge in [-0.1, -0.05) is 60.1 Å². The van der Waals surface area contributed by atoms with Crippen molar-refractivity contribution in [2.24, 2.45) is 22.7 Å². The van der Waals surface area contributed by atoms with Gasteiger partial charge in [0.2, 0.25) is 0 Å². The summed E-state index contributed by atoms with van der Waals surface area (Å²) in [6, 6.07) is 0. The SMILES string of the molecule is C=C1CCC2[C@](C)(CO)[C@H](O)CC[C@@]2(C)[C@@H]1CC=C1C(=O)OC[C@H]1OC(=O)CCCCC1CCSS1. The number of hydrogen-bond donors (Lipinski definition) is 2. The molecule has 0 radical (unpaired) electrons. The maximum Gasteiger partial charge on any atom is 0.337 e. The first kappa shape index (κ1) is 28.1. The normalized spacial score (nSPS) is 39.8. The minimum absolute atomic E-state index is 0.0441. The number of carbonyl (C=O) groups is 2. The summed E-state index contributed by atoms with van der Waals surface area (Å²) in [7, 11) is 3.90. The molecule has 2 heterocycles. The molecule has 202 valence electrons. The topological polar surface area (TPSA) is 93.1 Å². The lowest BCUT2D eigenvalue weighted by Gasteiger charge is -2.59. The van der Waals surface area contributed by atoms with Crippen molar-refractivity contribution in [1.29, 1.82) is 0 Å². The van der Waals surface area contributed by atoms with Crippen molar-refractivity contribution in [3.05, 3.63) is 23.8 Å². The van der Waals surface area contributed by atoms with E-state index in [9.17, 15) is 19.8 Å². The number of cyclic esters (lactones) is 1. The summed E-state index contributed by atoms with van der Waals surface area (Å²) >= 11 is 0. The molecule has 2 unspecified atom stereocenters. The fourth-order valence-electron chi connectivity index (χ4n) is 7.07. The molecule has 4 rings (SSSR count). The van der Waals surface area contributed by atoms with Gasteiger partial charge in [-0.25, -0.2) is 4.79 Å². The second kappa shape index (κ2) is 11.8. The molecule has 2 saturated heterocycles. The summed E-state index contributed by atoms with van der Waals surface area (Å²) < 4.78 is 10.9. The van der Waals surface area contributed by atoms with E-state index in [1.165, 1.54) is 12.2 Å². The summed E-state index contributed by atoms with van der Waals surface area (Å²) in [5, 5.41) is 21.6. The monoisotopic (exact) mass is 538 g/mol. The van der Waals surface area contributed by atoms with Crippen molar-refractivity contribution in [3.8, 4) is 0 Å². The van der Waals surface area contributed by atoms with Crippen LogP contribution in [0.5, 0.6) is 0 Å². The van der Waals surface area contributed by atoms with Crippen molar-refractivity contribution in [2.75, 3.05) is 19.0 Å². The highest BCUT2D eigenvalue weighted by molar-refractivity contribution is 8.77. The van der Waals surface area contributed by atoms with Crippen LogP contribution < -0.4 is 0 Å². The first-order valence-electron chi connectivity index (χ1n) is 13.5. The lowest BCUT2D eigenvalue weighted by molar-refractivity contribution is -0.151. The van der Waals surface area contributed by atoms with Crippen LogP contribution in [-0.4, -0.2) is 58.6 Å². The van der Waals surface area contributed by atoms with Crippen molar-refractivity contribution in [3.63, 3.8) is 0 Å². The smallest absolute Gasteiger partial charge is 0.337 e. The van der Waals surface area contributed by atoms with Crippen LogP contribution in [0.25, 0.3) is 0 Å². The van der Waals surface area contributed by atoms with E-state index < -0.39 is 23.6 Å². The van der Waals surface area contributed by atoms with Gasteiger partial charge < -0.3 is 19.7 Å². The van der Waals surface area contributed by atoms with Crippen molar-refractivity contribution in [1.82, 2.24) is 0 Å². The average molecular weight is 539 g/mol. The van der Waals surface area contributed by atoms with Crippen LogP contribution in [0.2, 0.25) is 0 Å². The molecule has 2 aliphatic carbocycles. The van der Waals surface area contributed by atoms with Gasteiger partial charge in [0.05, 0.1) is 18.3 Å². The van der Waals surface area contributed by atoms with Crippen LogP contribution in [0, 0.1) is 22.7 Å². The molecule has 0 amide bonds. The van der Waals surface area contributed by atoms with E-state index in [1.54, 1.807) is 0 Å². The second-order valence-corrected chi connectivity index (χ2v) is 14.4. The van der Waals surface area contributed by atoms with Crippen LogP contribution in [-0.2, 0) is 19.1 Å². The fraction of sp³-hybridized carbons (Fsp3) is 0.786. The van der Waals surface area contributed by atoms with Gasteiger partial charge in [0, 0.05) is 22.8 Å². The Bertz CT molecular complexity index is 868. The molecule has 0 aromatic carbocycles. The van der Waals surface area contributed by atoms with E-state index in [0.29, 0.717) is 30.1 Å². The third kappa shape index (κ3) is 5.71. The van der Waals surface area contributed by atoms with Crippen LogP contribution >= 0.6 is 21.6 Å². The van der Waals surface area contributed by atoms with Gasteiger partial charge in [0.15, 0.2) is 6.10 Å². The quantitative estimate of drug-likeness (QED) is 0.136. The van der Waals surface area contributed by atoms with Gasteiger partial charge in [0.1, 0.15) is 6.61 Å². The van der Waals surface area contributed by atoms with E-state index in [4.69, 9.17) is 9.47 Å². The highest BCUT2D eigenvalue weighted by Gasteiger charge is 2.57. The number of carbonyl (C=O) groups excluding carboxylic acids is 2. The molecule has 7 atom stereocenters. The Morgan fingerprint density at radius 1 is 1.28 bits per heavy atom. The molecule has 0 spiro atoms. The highest BCUT2D eigenvalue weighted by Crippen LogP contribution is 2.61. The Labute approximate surface area is 223 Å². The van der Waals surface area contributed by atoms with Gasteiger partial charge in [-0.05, 0) is 68.6 Å².